The summed E-state index contributed by atoms with van der Waals surface area (Å²) in [7, 11) is 4.37. The number of nitrogens with one attached hydrogen (secondary N) is 1. The average Bonchev–Trinajstić information content (AvgIpc) is 2.91. The number of para-hydroxylation sites is 1. The highest BCUT2D eigenvalue weighted by molar-refractivity contribution is 5.30. The van der Waals surface area contributed by atoms with Gasteiger partial charge in [-0.1, -0.05) is 18.2 Å². The Kier molecular flexibility index (Phi) is 4.08. The van der Waals surface area contributed by atoms with Gasteiger partial charge in [-0.15, -0.1) is 0 Å². The van der Waals surface area contributed by atoms with Crippen molar-refractivity contribution in [3.05, 3.63) is 48.3 Å². The minimum atomic E-state index is 0.363. The maximum atomic E-state index is 4.63. The molecule has 0 radical (unpaired) electrons. The second kappa shape index (κ2) is 6.00. The van der Waals surface area contributed by atoms with Crippen molar-refractivity contribution < 1.29 is 0 Å². The van der Waals surface area contributed by atoms with E-state index in [1.165, 1.54) is 19.3 Å². The first kappa shape index (κ1) is 14.3. The third kappa shape index (κ3) is 3.01. The van der Waals surface area contributed by atoms with Gasteiger partial charge in [-0.3, -0.25) is 0 Å². The molecule has 0 bridgehead atoms. The lowest BCUT2D eigenvalue weighted by Gasteiger charge is -2.47. The molecule has 0 unspecified atom stereocenters. The zero-order valence-electron chi connectivity index (χ0n) is 12.9. The van der Waals surface area contributed by atoms with Crippen molar-refractivity contribution in [3.8, 4) is 5.69 Å². The molecule has 1 heterocycles. The number of rotatable bonds is 6. The maximum absolute atomic E-state index is 4.63. The van der Waals surface area contributed by atoms with E-state index in [0.29, 0.717) is 5.54 Å². The molecule has 0 saturated heterocycles. The lowest BCUT2D eigenvalue weighted by atomic mass is 9.75. The van der Waals surface area contributed by atoms with E-state index in [1.54, 1.807) is 0 Å². The van der Waals surface area contributed by atoms with Gasteiger partial charge >= 0.3 is 0 Å². The lowest BCUT2D eigenvalue weighted by Crippen LogP contribution is -2.56. The molecule has 2 aromatic rings. The SMILES string of the molecule is CN(C)C1(CNCc2ccn(-c3ccccc3)n2)CCC1. The van der Waals surface area contributed by atoms with Crippen LogP contribution in [0.2, 0.25) is 0 Å². The molecule has 1 aliphatic rings. The van der Waals surface area contributed by atoms with Crippen molar-refractivity contribution in [1.82, 2.24) is 20.0 Å². The molecule has 0 amide bonds. The van der Waals surface area contributed by atoms with Crippen LogP contribution in [-0.4, -0.2) is 40.9 Å². The van der Waals surface area contributed by atoms with E-state index in [0.717, 1.165) is 24.5 Å². The molecule has 0 aliphatic heterocycles. The summed E-state index contributed by atoms with van der Waals surface area (Å²) in [5.74, 6) is 0. The van der Waals surface area contributed by atoms with Crippen molar-refractivity contribution in [3.63, 3.8) is 0 Å². The standard InChI is InChI=1S/C17H24N4/c1-20(2)17(10-6-11-17)14-18-13-15-9-12-21(19-15)16-7-4-3-5-8-16/h3-5,7-9,12,18H,6,10-11,13-14H2,1-2H3. The van der Waals surface area contributed by atoms with Crippen LogP contribution in [-0.2, 0) is 6.54 Å². The van der Waals surface area contributed by atoms with Crippen molar-refractivity contribution in [2.75, 3.05) is 20.6 Å². The summed E-state index contributed by atoms with van der Waals surface area (Å²) in [5.41, 5.74) is 2.56. The molecule has 3 rings (SSSR count). The Hall–Kier alpha value is -1.65. The monoisotopic (exact) mass is 284 g/mol. The molecule has 4 nitrogen and oxygen atoms in total. The fraction of sp³-hybridized carbons (Fsp3) is 0.471. The fourth-order valence-electron chi connectivity index (χ4n) is 2.97. The van der Waals surface area contributed by atoms with Gasteiger partial charge in [0.05, 0.1) is 11.4 Å². The molecule has 1 fully saturated rings. The molecule has 1 N–H and O–H groups in total. The van der Waals surface area contributed by atoms with Crippen molar-refractivity contribution in [2.24, 2.45) is 0 Å². The van der Waals surface area contributed by atoms with Gasteiger partial charge in [-0.25, -0.2) is 4.68 Å². The third-order valence-corrected chi connectivity index (χ3v) is 4.66. The normalized spacial score (nSPS) is 16.9. The van der Waals surface area contributed by atoms with Crippen LogP contribution in [0.4, 0.5) is 0 Å². The van der Waals surface area contributed by atoms with Gasteiger partial charge in [0.1, 0.15) is 0 Å². The topological polar surface area (TPSA) is 33.1 Å². The van der Waals surface area contributed by atoms with E-state index in [2.05, 4.69) is 47.6 Å². The molecule has 21 heavy (non-hydrogen) atoms. The van der Waals surface area contributed by atoms with Gasteiger partial charge < -0.3 is 10.2 Å². The van der Waals surface area contributed by atoms with Crippen molar-refractivity contribution in [1.29, 1.82) is 0 Å². The van der Waals surface area contributed by atoms with Crippen LogP contribution in [0.1, 0.15) is 25.0 Å². The Morgan fingerprint density at radius 2 is 1.95 bits per heavy atom. The summed E-state index contributed by atoms with van der Waals surface area (Å²) in [6.45, 7) is 1.87. The third-order valence-electron chi connectivity index (χ3n) is 4.66. The molecule has 1 aromatic carbocycles. The Balaban J connectivity index is 1.56. The van der Waals surface area contributed by atoms with Gasteiger partial charge in [0.2, 0.25) is 0 Å². The fourth-order valence-corrected chi connectivity index (χ4v) is 2.97. The summed E-state index contributed by atoms with van der Waals surface area (Å²) < 4.78 is 1.93. The predicted molar refractivity (Wildman–Crippen MR) is 85.5 cm³/mol. The maximum Gasteiger partial charge on any atom is 0.0766 e. The second-order valence-electron chi connectivity index (χ2n) is 6.16. The Morgan fingerprint density at radius 3 is 2.57 bits per heavy atom. The van der Waals surface area contributed by atoms with E-state index in [-0.39, 0.29) is 0 Å². The highest BCUT2D eigenvalue weighted by atomic mass is 15.3. The number of hydrogen-bond donors (Lipinski definition) is 1. The Morgan fingerprint density at radius 1 is 1.19 bits per heavy atom. The first-order chi connectivity index (χ1) is 10.2. The van der Waals surface area contributed by atoms with Crippen molar-refractivity contribution >= 4 is 0 Å². The quantitative estimate of drug-likeness (QED) is 0.884. The van der Waals surface area contributed by atoms with Crippen LogP contribution >= 0.6 is 0 Å². The zero-order valence-corrected chi connectivity index (χ0v) is 12.9. The zero-order chi connectivity index (χ0) is 14.7. The summed E-state index contributed by atoms with van der Waals surface area (Å²) in [5, 5.41) is 8.20. The molecule has 0 spiro atoms. The van der Waals surface area contributed by atoms with Crippen LogP contribution in [0.5, 0.6) is 0 Å². The van der Waals surface area contributed by atoms with E-state index in [9.17, 15) is 0 Å². The molecule has 112 valence electrons. The van der Waals surface area contributed by atoms with Crippen molar-refractivity contribution in [2.45, 2.75) is 31.3 Å². The van der Waals surface area contributed by atoms with Crippen LogP contribution in [0.3, 0.4) is 0 Å². The average molecular weight is 284 g/mol. The number of nitrogens with zero attached hydrogens (tertiary/aromatic N) is 3. The lowest BCUT2D eigenvalue weighted by molar-refractivity contribution is 0.0597. The van der Waals surface area contributed by atoms with E-state index in [4.69, 9.17) is 0 Å². The van der Waals surface area contributed by atoms with Gasteiger partial charge in [-0.05, 0) is 51.6 Å². The minimum Gasteiger partial charge on any atom is -0.309 e. The first-order valence-electron chi connectivity index (χ1n) is 7.68. The van der Waals surface area contributed by atoms with Gasteiger partial charge in [0.25, 0.3) is 0 Å². The minimum absolute atomic E-state index is 0.363. The van der Waals surface area contributed by atoms with Crippen LogP contribution in [0.15, 0.2) is 42.6 Å². The molecule has 1 aromatic heterocycles. The van der Waals surface area contributed by atoms with Gasteiger partial charge in [-0.2, -0.15) is 5.10 Å². The predicted octanol–water partition coefficient (Wildman–Crippen LogP) is 2.45. The highest BCUT2D eigenvalue weighted by Gasteiger charge is 2.38. The highest BCUT2D eigenvalue weighted by Crippen LogP contribution is 2.35. The van der Waals surface area contributed by atoms with Crippen LogP contribution in [0, 0.1) is 0 Å². The number of hydrogen-bond acceptors (Lipinski definition) is 3. The largest absolute Gasteiger partial charge is 0.309 e. The smallest absolute Gasteiger partial charge is 0.0766 e. The first-order valence-corrected chi connectivity index (χ1v) is 7.68. The summed E-state index contributed by atoms with van der Waals surface area (Å²) >= 11 is 0. The number of aromatic nitrogens is 2. The Bertz CT molecular complexity index is 569. The van der Waals surface area contributed by atoms with Gasteiger partial charge in [0.15, 0.2) is 0 Å². The second-order valence-corrected chi connectivity index (χ2v) is 6.16. The summed E-state index contributed by atoms with van der Waals surface area (Å²) in [6.07, 6.45) is 5.97. The molecular formula is C17H24N4. The molecule has 1 aliphatic carbocycles. The van der Waals surface area contributed by atoms with E-state index >= 15 is 0 Å². The molecular weight excluding hydrogens is 260 g/mol. The van der Waals surface area contributed by atoms with E-state index < -0.39 is 0 Å². The summed E-state index contributed by atoms with van der Waals surface area (Å²) in [6, 6.07) is 12.3. The molecule has 0 atom stereocenters. The molecule has 4 heteroatoms. The number of likely N-dealkylation sites (N-methyl/N-ethyl adjacent to an activating group) is 1. The number of benzene rings is 1. The Labute approximate surface area is 126 Å². The van der Waals surface area contributed by atoms with E-state index in [1.807, 2.05) is 29.1 Å². The van der Waals surface area contributed by atoms with Crippen LogP contribution < -0.4 is 5.32 Å². The van der Waals surface area contributed by atoms with Crippen LogP contribution in [0.25, 0.3) is 5.69 Å². The molecule has 1 saturated carbocycles. The summed E-state index contributed by atoms with van der Waals surface area (Å²) in [4.78, 5) is 2.37. The van der Waals surface area contributed by atoms with Gasteiger partial charge in [0, 0.05) is 24.8 Å².